The molecule has 1 unspecified atom stereocenters. The van der Waals surface area contributed by atoms with Crippen LogP contribution in [0.1, 0.15) is 0 Å². The molecule has 17 heavy (non-hydrogen) atoms. The van der Waals surface area contributed by atoms with Crippen molar-refractivity contribution in [3.8, 4) is 0 Å². The van der Waals surface area contributed by atoms with Crippen molar-refractivity contribution in [2.24, 2.45) is 4.99 Å². The minimum absolute atomic E-state index is 0.0908. The predicted octanol–water partition coefficient (Wildman–Crippen LogP) is -1.27. The van der Waals surface area contributed by atoms with Crippen LogP contribution in [0.15, 0.2) is 4.99 Å². The highest BCUT2D eigenvalue weighted by atomic mass is 32.2. The summed E-state index contributed by atoms with van der Waals surface area (Å²) in [6.07, 6.45) is 0. The van der Waals surface area contributed by atoms with Crippen LogP contribution >= 0.6 is 11.8 Å². The summed E-state index contributed by atoms with van der Waals surface area (Å²) in [5.74, 6) is 0.455. The number of piperazine rings is 1. The molecule has 2 saturated heterocycles. The summed E-state index contributed by atoms with van der Waals surface area (Å²) in [6.45, 7) is 3.78. The Morgan fingerprint density at radius 1 is 1.24 bits per heavy atom. The second-order valence-corrected chi connectivity index (χ2v) is 5.32. The van der Waals surface area contributed by atoms with Crippen molar-refractivity contribution in [3.05, 3.63) is 0 Å². The predicted molar refractivity (Wildman–Crippen MR) is 64.8 cm³/mol. The Bertz CT molecular complexity index is 392. The molecule has 1 atom stereocenters. The highest BCUT2D eigenvalue weighted by molar-refractivity contribution is 8.14. The number of aliphatic imine (C=N–C) groups is 1. The Labute approximate surface area is 103 Å². The van der Waals surface area contributed by atoms with E-state index in [-0.39, 0.29) is 11.8 Å². The number of fused-ring (bicyclic) bond motifs is 1. The lowest BCUT2D eigenvalue weighted by Crippen LogP contribution is -2.59. The van der Waals surface area contributed by atoms with Crippen molar-refractivity contribution in [1.29, 1.82) is 0 Å². The van der Waals surface area contributed by atoms with Gasteiger partial charge in [-0.05, 0) is 0 Å². The first-order valence-corrected chi connectivity index (χ1v) is 6.77. The maximum absolute atomic E-state index is 12.3. The number of nitrogens with zero attached hydrogens (tertiary/aromatic N) is 3. The van der Waals surface area contributed by atoms with Crippen LogP contribution in [0.5, 0.6) is 0 Å². The summed E-state index contributed by atoms with van der Waals surface area (Å²) in [6, 6.07) is -0.681. The van der Waals surface area contributed by atoms with Gasteiger partial charge in [0, 0.05) is 38.5 Å². The fraction of sp³-hybridized carbons (Fsp3) is 0.700. The fourth-order valence-corrected chi connectivity index (χ4v) is 3.31. The zero-order valence-corrected chi connectivity index (χ0v) is 10.2. The first kappa shape index (κ1) is 11.2. The third-order valence-electron chi connectivity index (χ3n) is 3.23. The molecular formula is C10H14N4O2S. The van der Waals surface area contributed by atoms with Gasteiger partial charge < -0.3 is 5.32 Å². The third kappa shape index (κ3) is 1.88. The van der Waals surface area contributed by atoms with Crippen molar-refractivity contribution in [2.45, 2.75) is 6.04 Å². The summed E-state index contributed by atoms with van der Waals surface area (Å²) < 4.78 is 0. The van der Waals surface area contributed by atoms with Gasteiger partial charge in [-0.3, -0.25) is 19.4 Å². The fourth-order valence-electron chi connectivity index (χ4n) is 2.36. The first-order chi connectivity index (χ1) is 8.27. The number of hydrogen-bond donors (Lipinski definition) is 1. The van der Waals surface area contributed by atoms with Gasteiger partial charge in [0.2, 0.25) is 0 Å². The topological polar surface area (TPSA) is 65.0 Å². The number of amidine groups is 1. The van der Waals surface area contributed by atoms with E-state index in [2.05, 4.69) is 10.3 Å². The van der Waals surface area contributed by atoms with Crippen molar-refractivity contribution in [3.63, 3.8) is 0 Å². The molecule has 0 bridgehead atoms. The number of hydrogen-bond acceptors (Lipinski definition) is 5. The number of carbonyl (C=O) groups excluding carboxylic acids is 2. The van der Waals surface area contributed by atoms with E-state index >= 15 is 0 Å². The molecule has 0 aliphatic carbocycles. The number of amides is 2. The second kappa shape index (κ2) is 4.40. The first-order valence-electron chi connectivity index (χ1n) is 5.79. The van der Waals surface area contributed by atoms with E-state index in [1.807, 2.05) is 4.90 Å². The third-order valence-corrected chi connectivity index (χ3v) is 4.19. The lowest BCUT2D eigenvalue weighted by molar-refractivity contribution is -0.141. The van der Waals surface area contributed by atoms with E-state index in [4.69, 9.17) is 0 Å². The van der Waals surface area contributed by atoms with E-state index < -0.39 is 6.04 Å². The van der Waals surface area contributed by atoms with Crippen LogP contribution in [0.2, 0.25) is 0 Å². The minimum atomic E-state index is -0.681. The molecule has 0 aromatic heterocycles. The molecule has 0 aromatic rings. The lowest BCUT2D eigenvalue weighted by Gasteiger charge is -2.35. The van der Waals surface area contributed by atoms with Gasteiger partial charge in [-0.2, -0.15) is 4.99 Å². The van der Waals surface area contributed by atoms with Gasteiger partial charge in [0.25, 0.3) is 11.8 Å². The molecule has 3 aliphatic rings. The van der Waals surface area contributed by atoms with Crippen LogP contribution in [-0.4, -0.2) is 71.3 Å². The molecule has 0 saturated carbocycles. The Morgan fingerprint density at radius 2 is 2.00 bits per heavy atom. The minimum Gasteiger partial charge on any atom is -0.314 e. The molecule has 0 radical (unpaired) electrons. The number of thioether (sulfide) groups is 1. The summed E-state index contributed by atoms with van der Waals surface area (Å²) in [7, 11) is 0. The summed E-state index contributed by atoms with van der Waals surface area (Å²) in [4.78, 5) is 31.8. The van der Waals surface area contributed by atoms with Crippen molar-refractivity contribution >= 4 is 28.7 Å². The van der Waals surface area contributed by atoms with E-state index in [1.165, 1.54) is 11.8 Å². The van der Waals surface area contributed by atoms with Crippen molar-refractivity contribution in [1.82, 2.24) is 15.1 Å². The molecule has 1 N–H and O–H groups in total. The van der Waals surface area contributed by atoms with Gasteiger partial charge in [0.1, 0.15) is 0 Å². The Kier molecular flexibility index (Phi) is 2.89. The number of rotatable bonds is 1. The molecule has 2 amide bonds. The number of nitrogens with one attached hydrogen (secondary N) is 1. The normalized spacial score (nSPS) is 30.5. The van der Waals surface area contributed by atoms with Crippen LogP contribution in [0.3, 0.4) is 0 Å². The van der Waals surface area contributed by atoms with Crippen LogP contribution in [0.25, 0.3) is 0 Å². The van der Waals surface area contributed by atoms with Gasteiger partial charge in [-0.25, -0.2) is 0 Å². The Morgan fingerprint density at radius 3 is 2.76 bits per heavy atom. The Balaban J connectivity index is 1.85. The molecular weight excluding hydrogens is 240 g/mol. The van der Waals surface area contributed by atoms with Crippen LogP contribution in [-0.2, 0) is 9.59 Å². The van der Waals surface area contributed by atoms with Crippen molar-refractivity contribution in [2.75, 3.05) is 38.5 Å². The summed E-state index contributed by atoms with van der Waals surface area (Å²) in [5, 5.41) is 3.80. The summed E-state index contributed by atoms with van der Waals surface area (Å²) >= 11 is 1.49. The van der Waals surface area contributed by atoms with Gasteiger partial charge in [-0.1, -0.05) is 11.8 Å². The van der Waals surface area contributed by atoms with E-state index in [0.29, 0.717) is 11.7 Å². The standard InChI is InChI=1S/C10H14N4O2S/c15-8-7(13-3-1-11-2-4-13)9(16)14-5-6-17-10(14)12-8/h7,11H,1-6H2. The lowest BCUT2D eigenvalue weighted by atomic mass is 10.1. The zero-order chi connectivity index (χ0) is 11.8. The van der Waals surface area contributed by atoms with E-state index in [0.717, 1.165) is 31.9 Å². The van der Waals surface area contributed by atoms with Crippen molar-refractivity contribution < 1.29 is 9.59 Å². The SMILES string of the molecule is O=C1N=C2SCCN2C(=O)C1N1CCNCC1. The molecule has 3 aliphatic heterocycles. The second-order valence-electron chi connectivity index (χ2n) is 4.26. The average molecular weight is 254 g/mol. The van der Waals surface area contributed by atoms with Crippen LogP contribution in [0.4, 0.5) is 0 Å². The monoisotopic (exact) mass is 254 g/mol. The maximum atomic E-state index is 12.3. The average Bonchev–Trinajstić information content (AvgIpc) is 2.78. The number of carbonyl (C=O) groups is 2. The zero-order valence-electron chi connectivity index (χ0n) is 9.39. The molecule has 2 fully saturated rings. The molecule has 92 valence electrons. The largest absolute Gasteiger partial charge is 0.314 e. The van der Waals surface area contributed by atoms with Gasteiger partial charge in [0.05, 0.1) is 0 Å². The highest BCUT2D eigenvalue weighted by Crippen LogP contribution is 2.24. The molecule has 7 heteroatoms. The molecule has 6 nitrogen and oxygen atoms in total. The van der Waals surface area contributed by atoms with Crippen LogP contribution < -0.4 is 5.32 Å². The summed E-state index contributed by atoms with van der Waals surface area (Å²) in [5.41, 5.74) is 0. The van der Waals surface area contributed by atoms with E-state index in [9.17, 15) is 9.59 Å². The van der Waals surface area contributed by atoms with Gasteiger partial charge in [-0.15, -0.1) is 0 Å². The van der Waals surface area contributed by atoms with Crippen LogP contribution in [0, 0.1) is 0 Å². The van der Waals surface area contributed by atoms with Gasteiger partial charge in [0.15, 0.2) is 11.2 Å². The van der Waals surface area contributed by atoms with E-state index in [1.54, 1.807) is 4.90 Å². The highest BCUT2D eigenvalue weighted by Gasteiger charge is 2.43. The quantitative estimate of drug-likeness (QED) is 0.591. The van der Waals surface area contributed by atoms with Gasteiger partial charge >= 0.3 is 0 Å². The molecule has 0 aromatic carbocycles. The smallest absolute Gasteiger partial charge is 0.275 e. The molecule has 3 rings (SSSR count). The maximum Gasteiger partial charge on any atom is 0.275 e. The molecule has 0 spiro atoms. The Hall–Kier alpha value is -0.920. The molecule has 3 heterocycles.